The number of nitrogens with two attached hydrogens (primary N) is 1. The minimum absolute atomic E-state index is 0.611. The molecule has 0 fully saturated rings. The molecule has 5 heteroatoms. The number of halogens is 1. The molecule has 2 N–H and O–H groups in total. The van der Waals surface area contributed by atoms with Crippen LogP contribution in [0.4, 0.5) is 5.69 Å². The van der Waals surface area contributed by atoms with Gasteiger partial charge in [0.15, 0.2) is 5.17 Å². The lowest BCUT2D eigenvalue weighted by Crippen LogP contribution is -2.07. The first-order chi connectivity index (χ1) is 10.5. The second-order valence-electron chi connectivity index (χ2n) is 4.87. The molecule has 0 radical (unpaired) electrons. The monoisotopic (exact) mass is 350 g/mol. The van der Waals surface area contributed by atoms with Crippen LogP contribution >= 0.6 is 35.1 Å². The average Bonchev–Trinajstić information content (AvgIpc) is 2.49. The fourth-order valence-electron chi connectivity index (χ4n) is 1.79. The molecule has 2 nitrogen and oxygen atoms in total. The highest BCUT2D eigenvalue weighted by atomic mass is 35.5. The van der Waals surface area contributed by atoms with E-state index in [0.717, 1.165) is 22.2 Å². The number of aliphatic imine (C=N–C) groups is 1. The highest BCUT2D eigenvalue weighted by Crippen LogP contribution is 2.22. The van der Waals surface area contributed by atoms with Gasteiger partial charge >= 0.3 is 0 Å². The van der Waals surface area contributed by atoms with Crippen LogP contribution in [0.5, 0.6) is 0 Å². The minimum atomic E-state index is 0.611. The van der Waals surface area contributed by atoms with E-state index in [0.29, 0.717) is 5.17 Å². The van der Waals surface area contributed by atoms with Crippen molar-refractivity contribution in [3.63, 3.8) is 0 Å². The smallest absolute Gasteiger partial charge is 0.159 e. The third-order valence-electron chi connectivity index (χ3n) is 3.15. The number of thioether (sulfide) groups is 2. The van der Waals surface area contributed by atoms with Crippen molar-refractivity contribution in [1.29, 1.82) is 0 Å². The zero-order valence-electron chi connectivity index (χ0n) is 12.7. The highest BCUT2D eigenvalue weighted by molar-refractivity contribution is 8.14. The van der Waals surface area contributed by atoms with E-state index in [9.17, 15) is 0 Å². The molecule has 0 atom stereocenters. The zero-order valence-corrected chi connectivity index (χ0v) is 15.1. The molecule has 0 aliphatic carbocycles. The number of hydrogen-bond donors (Lipinski definition) is 1. The van der Waals surface area contributed by atoms with Crippen molar-refractivity contribution in [2.45, 2.75) is 18.7 Å². The van der Waals surface area contributed by atoms with Gasteiger partial charge in [-0.25, -0.2) is 4.99 Å². The van der Waals surface area contributed by atoms with Crippen molar-refractivity contribution in [3.8, 4) is 0 Å². The molecule has 0 aliphatic rings. The van der Waals surface area contributed by atoms with Crippen molar-refractivity contribution >= 4 is 46.0 Å². The molecule has 0 saturated heterocycles. The van der Waals surface area contributed by atoms with Gasteiger partial charge in [0.2, 0.25) is 0 Å². The molecule has 0 saturated carbocycles. The van der Waals surface area contributed by atoms with E-state index in [1.54, 1.807) is 23.5 Å². The average molecular weight is 351 g/mol. The second-order valence-corrected chi connectivity index (χ2v) is 7.59. The predicted octanol–water partition coefficient (Wildman–Crippen LogP) is 5.43. The molecule has 0 bridgehead atoms. The molecule has 0 amide bonds. The number of rotatable bonds is 5. The van der Waals surface area contributed by atoms with E-state index in [2.05, 4.69) is 31.0 Å². The molecule has 0 heterocycles. The molecular weight excluding hydrogens is 332 g/mol. The van der Waals surface area contributed by atoms with Crippen molar-refractivity contribution < 1.29 is 0 Å². The number of aryl methyl sites for hydroxylation is 2. The molecule has 22 heavy (non-hydrogen) atoms. The molecule has 116 valence electrons. The summed E-state index contributed by atoms with van der Waals surface area (Å²) in [5, 5.41) is 1.38. The third kappa shape index (κ3) is 5.59. The summed E-state index contributed by atoms with van der Waals surface area (Å²) in [4.78, 5) is 5.67. The van der Waals surface area contributed by atoms with Gasteiger partial charge in [0.25, 0.3) is 0 Å². The van der Waals surface area contributed by atoms with E-state index in [-0.39, 0.29) is 0 Å². The summed E-state index contributed by atoms with van der Waals surface area (Å²) in [6, 6.07) is 14.0. The number of amidine groups is 1. The Bertz CT molecular complexity index is 654. The highest BCUT2D eigenvalue weighted by Gasteiger charge is 1.99. The summed E-state index contributed by atoms with van der Waals surface area (Å²) in [6.45, 7) is 4.18. The lowest BCUT2D eigenvalue weighted by Gasteiger charge is -2.04. The lowest BCUT2D eigenvalue weighted by atomic mass is 10.1. The van der Waals surface area contributed by atoms with Gasteiger partial charge in [-0.15, -0.1) is 11.8 Å². The van der Waals surface area contributed by atoms with Gasteiger partial charge in [0.1, 0.15) is 0 Å². The Balaban J connectivity index is 1.79. The van der Waals surface area contributed by atoms with Gasteiger partial charge < -0.3 is 5.73 Å². The Morgan fingerprint density at radius 2 is 1.77 bits per heavy atom. The molecule has 2 rings (SSSR count). The topological polar surface area (TPSA) is 38.4 Å². The Morgan fingerprint density at radius 3 is 2.45 bits per heavy atom. The standard InChI is InChI=1S/C17H19ClN2S2/c1-12-3-6-15(11-13(12)2)20-17(19)22-10-9-21-16-7-4-14(18)5-8-16/h3-8,11H,9-10H2,1-2H3,(H2,19,20). The molecule has 0 unspecified atom stereocenters. The third-order valence-corrected chi connectivity index (χ3v) is 5.46. The van der Waals surface area contributed by atoms with Crippen LogP contribution in [-0.2, 0) is 0 Å². The van der Waals surface area contributed by atoms with Crippen LogP contribution < -0.4 is 5.73 Å². The van der Waals surface area contributed by atoms with Gasteiger partial charge in [-0.1, -0.05) is 29.4 Å². The van der Waals surface area contributed by atoms with Gasteiger partial charge in [0.05, 0.1) is 5.69 Å². The maximum Gasteiger partial charge on any atom is 0.159 e. The van der Waals surface area contributed by atoms with Gasteiger partial charge in [-0.2, -0.15) is 0 Å². The maximum atomic E-state index is 5.98. The van der Waals surface area contributed by atoms with Crippen LogP contribution in [0.3, 0.4) is 0 Å². The first kappa shape index (κ1) is 17.3. The molecule has 2 aromatic rings. The Kier molecular flexibility index (Phi) is 6.68. The Labute approximate surface area is 145 Å². The molecule has 2 aromatic carbocycles. The van der Waals surface area contributed by atoms with Crippen molar-refractivity contribution in [1.82, 2.24) is 0 Å². The summed E-state index contributed by atoms with van der Waals surface area (Å²) >= 11 is 9.24. The molecular formula is C17H19ClN2S2. The van der Waals surface area contributed by atoms with Gasteiger partial charge in [-0.05, 0) is 61.4 Å². The summed E-state index contributed by atoms with van der Waals surface area (Å²) in [7, 11) is 0. The van der Waals surface area contributed by atoms with Crippen LogP contribution in [0, 0.1) is 13.8 Å². The van der Waals surface area contributed by atoms with Crippen LogP contribution in [0.25, 0.3) is 0 Å². The van der Waals surface area contributed by atoms with Gasteiger partial charge in [0, 0.05) is 21.4 Å². The largest absolute Gasteiger partial charge is 0.378 e. The van der Waals surface area contributed by atoms with Crippen LogP contribution in [0.15, 0.2) is 52.4 Å². The fourth-order valence-corrected chi connectivity index (χ4v) is 3.53. The van der Waals surface area contributed by atoms with E-state index in [1.165, 1.54) is 16.0 Å². The number of benzene rings is 2. The van der Waals surface area contributed by atoms with Crippen LogP contribution in [-0.4, -0.2) is 16.7 Å². The lowest BCUT2D eigenvalue weighted by molar-refractivity contribution is 1.32. The summed E-state index contributed by atoms with van der Waals surface area (Å²) in [6.07, 6.45) is 0. The second kappa shape index (κ2) is 8.51. The van der Waals surface area contributed by atoms with E-state index < -0.39 is 0 Å². The first-order valence-electron chi connectivity index (χ1n) is 6.97. The Morgan fingerprint density at radius 1 is 1.05 bits per heavy atom. The van der Waals surface area contributed by atoms with Crippen LogP contribution in [0.2, 0.25) is 5.02 Å². The number of nitrogens with zero attached hydrogens (tertiary/aromatic N) is 1. The normalized spacial score (nSPS) is 11.7. The Hall–Kier alpha value is -1.10. The molecule has 0 spiro atoms. The maximum absolute atomic E-state index is 5.98. The van der Waals surface area contributed by atoms with Crippen molar-refractivity contribution in [3.05, 3.63) is 58.6 Å². The SMILES string of the molecule is Cc1ccc(N=C(N)SCCSc2ccc(Cl)cc2)cc1C. The molecule has 0 aromatic heterocycles. The van der Waals surface area contributed by atoms with Crippen LogP contribution in [0.1, 0.15) is 11.1 Å². The van der Waals surface area contributed by atoms with Crippen molar-refractivity contribution in [2.75, 3.05) is 11.5 Å². The van der Waals surface area contributed by atoms with E-state index in [1.807, 2.05) is 30.3 Å². The van der Waals surface area contributed by atoms with E-state index >= 15 is 0 Å². The summed E-state index contributed by atoms with van der Waals surface area (Å²) < 4.78 is 0. The minimum Gasteiger partial charge on any atom is -0.378 e. The van der Waals surface area contributed by atoms with E-state index in [4.69, 9.17) is 17.3 Å². The number of hydrogen-bond acceptors (Lipinski definition) is 3. The summed E-state index contributed by atoms with van der Waals surface area (Å²) in [5.41, 5.74) is 9.40. The van der Waals surface area contributed by atoms with Gasteiger partial charge in [-0.3, -0.25) is 0 Å². The molecule has 0 aliphatic heterocycles. The van der Waals surface area contributed by atoms with Crippen molar-refractivity contribution in [2.24, 2.45) is 10.7 Å². The quantitative estimate of drug-likeness (QED) is 0.338. The zero-order chi connectivity index (χ0) is 15.9. The predicted molar refractivity (Wildman–Crippen MR) is 102 cm³/mol. The first-order valence-corrected chi connectivity index (χ1v) is 9.32. The summed E-state index contributed by atoms with van der Waals surface area (Å²) in [5.74, 6) is 1.91. The fraction of sp³-hybridized carbons (Fsp3) is 0.235.